The number of aliphatic hydroxyl groups is 1. The van der Waals surface area contributed by atoms with Crippen LogP contribution in [0.3, 0.4) is 0 Å². The van der Waals surface area contributed by atoms with Crippen LogP contribution in [0.4, 0.5) is 4.39 Å². The summed E-state index contributed by atoms with van der Waals surface area (Å²) in [4.78, 5) is 11.8. The van der Waals surface area contributed by atoms with Crippen molar-refractivity contribution >= 4 is 21.8 Å². The summed E-state index contributed by atoms with van der Waals surface area (Å²) in [5.74, 6) is -0.254. The molecule has 1 aliphatic rings. The van der Waals surface area contributed by atoms with Crippen molar-refractivity contribution in [1.29, 1.82) is 0 Å². The Kier molecular flexibility index (Phi) is 4.35. The molecule has 1 aliphatic carbocycles. The molecule has 0 aromatic heterocycles. The zero-order valence-corrected chi connectivity index (χ0v) is 11.4. The molecular weight excluding hydrogens is 301 g/mol. The lowest BCUT2D eigenvalue weighted by Gasteiger charge is -2.11. The fourth-order valence-corrected chi connectivity index (χ4v) is 2.59. The lowest BCUT2D eigenvalue weighted by molar-refractivity contribution is 0.0945. The number of hydrogen-bond donors (Lipinski definition) is 2. The maximum atomic E-state index is 13.0. The molecule has 0 bridgehead atoms. The zero-order chi connectivity index (χ0) is 13.1. The molecule has 1 amide bonds. The first-order valence-electron chi connectivity index (χ1n) is 5.97. The van der Waals surface area contributed by atoms with Gasteiger partial charge in [0.2, 0.25) is 0 Å². The Labute approximate surface area is 114 Å². The Morgan fingerprint density at radius 1 is 1.50 bits per heavy atom. The molecule has 0 heterocycles. The Morgan fingerprint density at radius 3 is 2.89 bits per heavy atom. The molecule has 2 atom stereocenters. The first-order valence-corrected chi connectivity index (χ1v) is 6.77. The largest absolute Gasteiger partial charge is 0.393 e. The summed E-state index contributed by atoms with van der Waals surface area (Å²) in [6, 6.07) is 4.19. The Bertz CT molecular complexity index is 453. The molecule has 0 radical (unpaired) electrons. The average Bonchev–Trinajstić information content (AvgIpc) is 2.75. The van der Waals surface area contributed by atoms with Crippen LogP contribution < -0.4 is 5.32 Å². The van der Waals surface area contributed by atoms with Crippen molar-refractivity contribution in [2.45, 2.75) is 25.4 Å². The van der Waals surface area contributed by atoms with Crippen LogP contribution in [0, 0.1) is 11.7 Å². The molecule has 98 valence electrons. The number of hydrogen-bond acceptors (Lipinski definition) is 2. The minimum atomic E-state index is -0.384. The van der Waals surface area contributed by atoms with E-state index in [0.717, 1.165) is 19.3 Å². The number of halogens is 2. The van der Waals surface area contributed by atoms with Crippen LogP contribution in [-0.4, -0.2) is 23.7 Å². The van der Waals surface area contributed by atoms with Crippen molar-refractivity contribution < 1.29 is 14.3 Å². The molecule has 0 spiro atoms. The summed E-state index contributed by atoms with van der Waals surface area (Å²) in [5.41, 5.74) is 0.432. The highest BCUT2D eigenvalue weighted by Gasteiger charge is 2.23. The number of rotatable bonds is 3. The highest BCUT2D eigenvalue weighted by molar-refractivity contribution is 9.10. The van der Waals surface area contributed by atoms with E-state index < -0.39 is 0 Å². The zero-order valence-electron chi connectivity index (χ0n) is 9.83. The van der Waals surface area contributed by atoms with Crippen LogP contribution in [0.5, 0.6) is 0 Å². The van der Waals surface area contributed by atoms with Crippen molar-refractivity contribution in [3.8, 4) is 0 Å². The van der Waals surface area contributed by atoms with Gasteiger partial charge in [0.25, 0.3) is 5.91 Å². The van der Waals surface area contributed by atoms with Crippen molar-refractivity contribution in [3.63, 3.8) is 0 Å². The molecule has 1 aromatic carbocycles. The van der Waals surface area contributed by atoms with E-state index in [9.17, 15) is 14.3 Å². The van der Waals surface area contributed by atoms with Gasteiger partial charge in [0.15, 0.2) is 0 Å². The number of carbonyl (C=O) groups is 1. The van der Waals surface area contributed by atoms with Gasteiger partial charge in [0, 0.05) is 12.1 Å². The molecule has 1 saturated carbocycles. The van der Waals surface area contributed by atoms with Crippen LogP contribution in [0.25, 0.3) is 0 Å². The van der Waals surface area contributed by atoms with Gasteiger partial charge in [0.1, 0.15) is 5.82 Å². The van der Waals surface area contributed by atoms with Crippen molar-refractivity contribution in [2.75, 3.05) is 6.54 Å². The number of amides is 1. The van der Waals surface area contributed by atoms with E-state index in [4.69, 9.17) is 0 Å². The van der Waals surface area contributed by atoms with E-state index in [1.165, 1.54) is 18.2 Å². The number of aliphatic hydroxyl groups excluding tert-OH is 1. The van der Waals surface area contributed by atoms with Crippen molar-refractivity contribution in [3.05, 3.63) is 34.1 Å². The van der Waals surface area contributed by atoms with Crippen molar-refractivity contribution in [1.82, 2.24) is 5.32 Å². The second-order valence-corrected chi connectivity index (χ2v) is 5.53. The van der Waals surface area contributed by atoms with Crippen molar-refractivity contribution in [2.24, 2.45) is 5.92 Å². The summed E-state index contributed by atoms with van der Waals surface area (Å²) >= 11 is 3.05. The lowest BCUT2D eigenvalue weighted by atomic mass is 10.1. The number of nitrogens with one attached hydrogen (secondary N) is 1. The summed E-state index contributed by atoms with van der Waals surface area (Å²) in [6.07, 6.45) is 2.26. The van der Waals surface area contributed by atoms with Gasteiger partial charge in [-0.2, -0.15) is 0 Å². The van der Waals surface area contributed by atoms with E-state index in [-0.39, 0.29) is 22.3 Å². The molecule has 1 fully saturated rings. The average molecular weight is 316 g/mol. The minimum absolute atomic E-state index is 0.211. The molecule has 0 saturated heterocycles. The second kappa shape index (κ2) is 5.80. The molecule has 18 heavy (non-hydrogen) atoms. The fraction of sp³-hybridized carbons (Fsp3) is 0.462. The van der Waals surface area contributed by atoms with Gasteiger partial charge < -0.3 is 10.4 Å². The van der Waals surface area contributed by atoms with E-state index in [1.54, 1.807) is 0 Å². The Balaban J connectivity index is 1.89. The third-order valence-electron chi connectivity index (χ3n) is 3.25. The summed E-state index contributed by atoms with van der Waals surface area (Å²) in [7, 11) is 0. The van der Waals surface area contributed by atoms with Gasteiger partial charge >= 0.3 is 0 Å². The first-order chi connectivity index (χ1) is 8.56. The Morgan fingerprint density at radius 2 is 2.28 bits per heavy atom. The first kappa shape index (κ1) is 13.5. The molecule has 3 nitrogen and oxygen atoms in total. The number of benzene rings is 1. The van der Waals surface area contributed by atoms with Gasteiger partial charge in [-0.3, -0.25) is 4.79 Å². The van der Waals surface area contributed by atoms with Gasteiger partial charge in [-0.15, -0.1) is 0 Å². The van der Waals surface area contributed by atoms with E-state index in [1.807, 2.05) is 0 Å². The maximum absolute atomic E-state index is 13.0. The fourth-order valence-electron chi connectivity index (χ4n) is 2.21. The third-order valence-corrected chi connectivity index (χ3v) is 3.85. The summed E-state index contributed by atoms with van der Waals surface area (Å²) in [6.45, 7) is 0.560. The van der Waals surface area contributed by atoms with Gasteiger partial charge in [-0.05, 0) is 59.3 Å². The predicted molar refractivity (Wildman–Crippen MR) is 69.8 cm³/mol. The molecule has 5 heteroatoms. The minimum Gasteiger partial charge on any atom is -0.393 e. The molecule has 2 rings (SSSR count). The molecular formula is C13H15BrFNO2. The van der Waals surface area contributed by atoms with Crippen LogP contribution in [0.1, 0.15) is 29.6 Å². The Hall–Kier alpha value is -0.940. The van der Waals surface area contributed by atoms with Gasteiger partial charge in [0.05, 0.1) is 10.6 Å². The smallest absolute Gasteiger partial charge is 0.251 e. The third kappa shape index (κ3) is 3.29. The van der Waals surface area contributed by atoms with Gasteiger partial charge in [-0.25, -0.2) is 4.39 Å². The lowest BCUT2D eigenvalue weighted by Crippen LogP contribution is -2.28. The van der Waals surface area contributed by atoms with Crippen LogP contribution in [-0.2, 0) is 0 Å². The molecule has 1 aromatic rings. The SMILES string of the molecule is O=C(NCC1CCC(O)C1)c1ccc(F)c(Br)c1. The number of carbonyl (C=O) groups excluding carboxylic acids is 1. The van der Waals surface area contributed by atoms with E-state index in [0.29, 0.717) is 18.0 Å². The van der Waals surface area contributed by atoms with E-state index >= 15 is 0 Å². The van der Waals surface area contributed by atoms with E-state index in [2.05, 4.69) is 21.2 Å². The quantitative estimate of drug-likeness (QED) is 0.900. The van der Waals surface area contributed by atoms with Crippen LogP contribution >= 0.6 is 15.9 Å². The highest BCUT2D eigenvalue weighted by Crippen LogP contribution is 2.24. The second-order valence-electron chi connectivity index (χ2n) is 4.67. The molecule has 2 N–H and O–H groups in total. The normalized spacial score (nSPS) is 23.1. The summed E-state index contributed by atoms with van der Waals surface area (Å²) < 4.78 is 13.3. The predicted octanol–water partition coefficient (Wildman–Crippen LogP) is 2.48. The standard InChI is InChI=1S/C13H15BrFNO2/c14-11-6-9(2-4-12(11)15)13(18)16-7-8-1-3-10(17)5-8/h2,4,6,8,10,17H,1,3,5,7H2,(H,16,18). The monoisotopic (exact) mass is 315 g/mol. The summed E-state index contributed by atoms with van der Waals surface area (Å²) in [5, 5.41) is 12.2. The molecule has 0 aliphatic heterocycles. The maximum Gasteiger partial charge on any atom is 0.251 e. The van der Waals surface area contributed by atoms with Crippen LogP contribution in [0.2, 0.25) is 0 Å². The molecule has 2 unspecified atom stereocenters. The topological polar surface area (TPSA) is 49.3 Å². The highest BCUT2D eigenvalue weighted by atomic mass is 79.9. The van der Waals surface area contributed by atoms with Crippen LogP contribution in [0.15, 0.2) is 22.7 Å². The van der Waals surface area contributed by atoms with Gasteiger partial charge in [-0.1, -0.05) is 0 Å².